The van der Waals surface area contributed by atoms with Crippen LogP contribution in [0.25, 0.3) is 0 Å². The van der Waals surface area contributed by atoms with Crippen molar-refractivity contribution >= 4 is 11.7 Å². The molecule has 1 aromatic rings. The molecule has 2 rings (SSSR count). The number of amides is 1. The Kier molecular flexibility index (Phi) is 2.90. The van der Waals surface area contributed by atoms with E-state index in [4.69, 9.17) is 0 Å². The lowest BCUT2D eigenvalue weighted by atomic mass is 9.96. The Labute approximate surface area is 103 Å². The molecule has 0 saturated heterocycles. The van der Waals surface area contributed by atoms with Crippen LogP contribution in [0.3, 0.4) is 0 Å². The number of ketones is 1. The number of carbonyl (C=O) groups is 2. The van der Waals surface area contributed by atoms with Gasteiger partial charge < -0.3 is 10.4 Å². The van der Waals surface area contributed by atoms with E-state index in [0.717, 1.165) is 5.56 Å². The molecule has 4 nitrogen and oxygen atoms in total. The molecule has 1 atom stereocenters. The van der Waals surface area contributed by atoms with Gasteiger partial charge in [0, 0.05) is 5.56 Å². The zero-order valence-electron chi connectivity index (χ0n) is 9.95. The first-order valence-electron chi connectivity index (χ1n) is 5.42. The second kappa shape index (κ2) is 4.25. The third-order valence-electron chi connectivity index (χ3n) is 2.88. The summed E-state index contributed by atoms with van der Waals surface area (Å²) in [5, 5.41) is 11.9. The fraction of sp³-hybridized carbons (Fsp3) is 0.231. The second-order valence-corrected chi connectivity index (χ2v) is 4.25. The Morgan fingerprint density at radius 1 is 1.44 bits per heavy atom. The molecule has 0 radical (unpaired) electrons. The molecule has 1 aliphatic rings. The highest BCUT2D eigenvalue weighted by Gasteiger charge is 2.36. The number of benzene rings is 1. The fourth-order valence-corrected chi connectivity index (χ4v) is 2.00. The third kappa shape index (κ3) is 1.88. The highest BCUT2D eigenvalue weighted by molar-refractivity contribution is 6.08. The largest absolute Gasteiger partial charge is 0.503 e. The minimum atomic E-state index is -0.921. The number of aliphatic hydroxyl groups is 1. The van der Waals surface area contributed by atoms with Crippen LogP contribution in [-0.2, 0) is 9.59 Å². The van der Waals surface area contributed by atoms with Gasteiger partial charge in [-0.2, -0.15) is 0 Å². The molecule has 2 N–H and O–H groups in total. The van der Waals surface area contributed by atoms with Gasteiger partial charge in [0.25, 0.3) is 5.91 Å². The van der Waals surface area contributed by atoms with Gasteiger partial charge in [-0.1, -0.05) is 12.1 Å². The van der Waals surface area contributed by atoms with Crippen molar-refractivity contribution in [3.63, 3.8) is 0 Å². The third-order valence-corrected chi connectivity index (χ3v) is 2.88. The van der Waals surface area contributed by atoms with Gasteiger partial charge in [0.05, 0.1) is 11.6 Å². The Morgan fingerprint density at radius 3 is 2.67 bits per heavy atom. The maximum Gasteiger partial charge on any atom is 0.287 e. The van der Waals surface area contributed by atoms with Crippen molar-refractivity contribution in [2.75, 3.05) is 0 Å². The molecular formula is C13H12FNO3. The Bertz CT molecular complexity index is 578. The van der Waals surface area contributed by atoms with E-state index in [-0.39, 0.29) is 11.1 Å². The van der Waals surface area contributed by atoms with E-state index < -0.39 is 29.3 Å². The van der Waals surface area contributed by atoms with Gasteiger partial charge in [0.15, 0.2) is 11.5 Å². The van der Waals surface area contributed by atoms with E-state index in [1.165, 1.54) is 19.1 Å². The molecule has 1 aliphatic heterocycles. The average Bonchev–Trinajstić information content (AvgIpc) is 2.55. The number of hydrogen-bond acceptors (Lipinski definition) is 3. The summed E-state index contributed by atoms with van der Waals surface area (Å²) in [6, 6.07) is 3.57. The zero-order valence-corrected chi connectivity index (χ0v) is 9.95. The molecule has 1 heterocycles. The number of rotatable bonds is 2. The van der Waals surface area contributed by atoms with E-state index in [1.807, 2.05) is 0 Å². The topological polar surface area (TPSA) is 66.4 Å². The smallest absolute Gasteiger partial charge is 0.287 e. The van der Waals surface area contributed by atoms with E-state index in [2.05, 4.69) is 5.32 Å². The summed E-state index contributed by atoms with van der Waals surface area (Å²) in [7, 11) is 0. The number of halogens is 1. The van der Waals surface area contributed by atoms with E-state index in [0.29, 0.717) is 0 Å². The van der Waals surface area contributed by atoms with Gasteiger partial charge >= 0.3 is 0 Å². The fourth-order valence-electron chi connectivity index (χ4n) is 2.00. The van der Waals surface area contributed by atoms with Crippen molar-refractivity contribution in [2.24, 2.45) is 0 Å². The van der Waals surface area contributed by atoms with Gasteiger partial charge in [-0.3, -0.25) is 9.59 Å². The van der Waals surface area contributed by atoms with Crippen molar-refractivity contribution in [1.29, 1.82) is 0 Å². The van der Waals surface area contributed by atoms with Crippen LogP contribution in [0.4, 0.5) is 4.39 Å². The standard InChI is InChI=1S/C13H12FNO3/c1-6-3-4-8(9(14)5-6)11-10(7(2)16)12(17)13(18)15-11/h3-5,11,17H,1-2H3,(H,15,18). The van der Waals surface area contributed by atoms with Gasteiger partial charge in [-0.25, -0.2) is 4.39 Å². The molecule has 18 heavy (non-hydrogen) atoms. The number of hydrogen-bond donors (Lipinski definition) is 2. The highest BCUT2D eigenvalue weighted by Crippen LogP contribution is 2.31. The zero-order chi connectivity index (χ0) is 13.4. The molecule has 0 spiro atoms. The minimum Gasteiger partial charge on any atom is -0.503 e. The summed E-state index contributed by atoms with van der Waals surface area (Å²) in [6.45, 7) is 2.96. The van der Waals surface area contributed by atoms with Crippen molar-refractivity contribution in [2.45, 2.75) is 19.9 Å². The minimum absolute atomic E-state index is 0.0947. The quantitative estimate of drug-likeness (QED) is 0.838. The lowest BCUT2D eigenvalue weighted by Crippen LogP contribution is -2.24. The lowest BCUT2D eigenvalue weighted by molar-refractivity contribution is -0.119. The molecule has 0 aliphatic carbocycles. The summed E-state index contributed by atoms with van der Waals surface area (Å²) in [6.07, 6.45) is 0. The molecule has 0 saturated carbocycles. The Balaban J connectivity index is 2.52. The van der Waals surface area contributed by atoms with E-state index >= 15 is 0 Å². The summed E-state index contributed by atoms with van der Waals surface area (Å²) < 4.78 is 13.8. The maximum atomic E-state index is 13.8. The first-order valence-corrected chi connectivity index (χ1v) is 5.42. The molecule has 1 aromatic carbocycles. The monoisotopic (exact) mass is 249 g/mol. The van der Waals surface area contributed by atoms with Crippen LogP contribution in [0.1, 0.15) is 24.1 Å². The van der Waals surface area contributed by atoms with Crippen LogP contribution in [-0.4, -0.2) is 16.8 Å². The highest BCUT2D eigenvalue weighted by atomic mass is 19.1. The van der Waals surface area contributed by atoms with Crippen LogP contribution in [0.5, 0.6) is 0 Å². The van der Waals surface area contributed by atoms with Crippen molar-refractivity contribution in [3.8, 4) is 0 Å². The molecule has 0 bridgehead atoms. The number of carbonyl (C=O) groups excluding carboxylic acids is 2. The van der Waals surface area contributed by atoms with Crippen molar-refractivity contribution in [3.05, 3.63) is 46.5 Å². The maximum absolute atomic E-state index is 13.8. The summed E-state index contributed by atoms with van der Waals surface area (Å²) in [5.74, 6) is -2.37. The molecule has 94 valence electrons. The van der Waals surface area contributed by atoms with Gasteiger partial charge in [0.1, 0.15) is 5.82 Å². The van der Waals surface area contributed by atoms with Gasteiger partial charge in [0.2, 0.25) is 0 Å². The normalized spacial score (nSPS) is 19.1. The van der Waals surface area contributed by atoms with E-state index in [1.54, 1.807) is 13.0 Å². The first kappa shape index (κ1) is 12.3. The van der Waals surface area contributed by atoms with Crippen LogP contribution in [0.15, 0.2) is 29.5 Å². The number of nitrogens with one attached hydrogen (secondary N) is 1. The predicted octanol–water partition coefficient (Wildman–Crippen LogP) is 1.71. The molecule has 5 heteroatoms. The number of aliphatic hydroxyl groups excluding tert-OH is 1. The lowest BCUT2D eigenvalue weighted by Gasteiger charge is -2.14. The summed E-state index contributed by atoms with van der Waals surface area (Å²) in [5.41, 5.74) is 0.809. The Hall–Kier alpha value is -2.17. The van der Waals surface area contributed by atoms with Crippen LogP contribution < -0.4 is 5.32 Å². The second-order valence-electron chi connectivity index (χ2n) is 4.25. The summed E-state index contributed by atoms with van der Waals surface area (Å²) in [4.78, 5) is 22.8. The average molecular weight is 249 g/mol. The molecule has 1 unspecified atom stereocenters. The van der Waals surface area contributed by atoms with E-state index in [9.17, 15) is 19.1 Å². The van der Waals surface area contributed by atoms with Gasteiger partial charge in [-0.05, 0) is 25.5 Å². The summed E-state index contributed by atoms with van der Waals surface area (Å²) >= 11 is 0. The molecule has 0 aromatic heterocycles. The molecule has 1 amide bonds. The Morgan fingerprint density at radius 2 is 2.11 bits per heavy atom. The molecular weight excluding hydrogens is 237 g/mol. The van der Waals surface area contributed by atoms with Crippen molar-refractivity contribution < 1.29 is 19.1 Å². The SMILES string of the molecule is CC(=O)C1=C(O)C(=O)NC1c1ccc(C)cc1F. The first-order chi connectivity index (χ1) is 8.41. The van der Waals surface area contributed by atoms with Crippen LogP contribution >= 0.6 is 0 Å². The predicted molar refractivity (Wildman–Crippen MR) is 62.4 cm³/mol. The molecule has 0 fully saturated rings. The number of Topliss-reactive ketones (excluding diaryl/α,β-unsaturated/α-hetero) is 1. The van der Waals surface area contributed by atoms with Crippen LogP contribution in [0, 0.1) is 12.7 Å². The van der Waals surface area contributed by atoms with Gasteiger partial charge in [-0.15, -0.1) is 0 Å². The number of aryl methyl sites for hydroxylation is 1. The van der Waals surface area contributed by atoms with Crippen LogP contribution in [0.2, 0.25) is 0 Å². The van der Waals surface area contributed by atoms with Crippen molar-refractivity contribution in [1.82, 2.24) is 5.32 Å².